The van der Waals surface area contributed by atoms with Crippen molar-refractivity contribution >= 4 is 21.8 Å². The van der Waals surface area contributed by atoms with Crippen molar-refractivity contribution in [1.82, 2.24) is 10.4 Å². The maximum atomic E-state index is 11.3. The average molecular weight is 352 g/mol. The number of halogens is 1. The van der Waals surface area contributed by atoms with Crippen molar-refractivity contribution < 1.29 is 14.3 Å². The monoisotopic (exact) mass is 351 g/mol. The van der Waals surface area contributed by atoms with Crippen LogP contribution in [0.25, 0.3) is 0 Å². The van der Waals surface area contributed by atoms with Gasteiger partial charge >= 0.3 is 0 Å². The number of aromatic nitrogens is 1. The van der Waals surface area contributed by atoms with Crippen LogP contribution in [0, 0.1) is 0 Å². The van der Waals surface area contributed by atoms with Crippen LogP contribution in [0.1, 0.15) is 16.1 Å². The van der Waals surface area contributed by atoms with Gasteiger partial charge in [-0.2, -0.15) is 0 Å². The van der Waals surface area contributed by atoms with Gasteiger partial charge in [-0.1, -0.05) is 0 Å². The van der Waals surface area contributed by atoms with Gasteiger partial charge in [0.1, 0.15) is 18.1 Å². The van der Waals surface area contributed by atoms with Crippen LogP contribution in [0.15, 0.2) is 41.0 Å². The topological polar surface area (TPSA) is 86.5 Å². The summed E-state index contributed by atoms with van der Waals surface area (Å²) >= 11 is 3.41. The molecule has 0 aliphatic rings. The fourth-order valence-corrected chi connectivity index (χ4v) is 2.08. The minimum Gasteiger partial charge on any atom is -0.497 e. The van der Waals surface area contributed by atoms with E-state index in [9.17, 15) is 4.79 Å². The molecule has 21 heavy (non-hydrogen) atoms. The first-order valence-corrected chi connectivity index (χ1v) is 6.85. The SMILES string of the molecule is COc1ccc(OCc2ccc(C(=O)NN)cn2)c(Br)c1. The first-order valence-electron chi connectivity index (χ1n) is 6.06. The Bertz CT molecular complexity index is 632. The highest BCUT2D eigenvalue weighted by atomic mass is 79.9. The van der Waals surface area contributed by atoms with Gasteiger partial charge in [0.25, 0.3) is 5.91 Å². The molecular weight excluding hydrogens is 338 g/mol. The first kappa shape index (κ1) is 15.3. The van der Waals surface area contributed by atoms with Crippen LogP contribution < -0.4 is 20.7 Å². The molecule has 0 spiro atoms. The van der Waals surface area contributed by atoms with Crippen molar-refractivity contribution in [1.29, 1.82) is 0 Å². The highest BCUT2D eigenvalue weighted by Gasteiger charge is 2.06. The van der Waals surface area contributed by atoms with Crippen molar-refractivity contribution in [3.63, 3.8) is 0 Å². The van der Waals surface area contributed by atoms with Crippen LogP contribution >= 0.6 is 15.9 Å². The Kier molecular flexibility index (Phi) is 5.13. The summed E-state index contributed by atoms with van der Waals surface area (Å²) in [5.41, 5.74) is 3.14. The van der Waals surface area contributed by atoms with Crippen molar-refractivity contribution in [2.24, 2.45) is 5.84 Å². The number of nitrogens with one attached hydrogen (secondary N) is 1. The standard InChI is InChI=1S/C14H14BrN3O3/c1-20-11-4-5-13(12(15)6-11)21-8-10-3-2-9(7-17-10)14(19)18-16/h2-7H,8,16H2,1H3,(H,18,19). The number of hydrogen-bond acceptors (Lipinski definition) is 5. The predicted octanol–water partition coefficient (Wildman–Crippen LogP) is 2.04. The van der Waals surface area contributed by atoms with E-state index in [0.717, 1.165) is 10.2 Å². The largest absolute Gasteiger partial charge is 0.497 e. The molecule has 0 saturated heterocycles. The van der Waals surface area contributed by atoms with E-state index in [1.807, 2.05) is 17.6 Å². The second-order valence-corrected chi connectivity index (χ2v) is 4.95. The van der Waals surface area contributed by atoms with E-state index >= 15 is 0 Å². The predicted molar refractivity (Wildman–Crippen MR) is 80.9 cm³/mol. The van der Waals surface area contributed by atoms with E-state index in [1.54, 1.807) is 25.3 Å². The summed E-state index contributed by atoms with van der Waals surface area (Å²) in [6.45, 7) is 0.287. The van der Waals surface area contributed by atoms with Crippen LogP contribution in [0.2, 0.25) is 0 Å². The smallest absolute Gasteiger partial charge is 0.266 e. The van der Waals surface area contributed by atoms with E-state index in [1.165, 1.54) is 6.20 Å². The van der Waals surface area contributed by atoms with Crippen LogP contribution in [0.5, 0.6) is 11.5 Å². The van der Waals surface area contributed by atoms with Gasteiger partial charge < -0.3 is 9.47 Å². The Morgan fingerprint density at radius 3 is 2.76 bits per heavy atom. The third-order valence-electron chi connectivity index (χ3n) is 2.73. The van der Waals surface area contributed by atoms with Gasteiger partial charge in [-0.05, 0) is 46.3 Å². The molecule has 0 atom stereocenters. The number of pyridine rings is 1. The zero-order chi connectivity index (χ0) is 15.2. The molecule has 0 aliphatic heterocycles. The van der Waals surface area contributed by atoms with Gasteiger partial charge in [0.05, 0.1) is 22.8 Å². The van der Waals surface area contributed by atoms with Gasteiger partial charge in [0.15, 0.2) is 0 Å². The van der Waals surface area contributed by atoms with Gasteiger partial charge in [-0.25, -0.2) is 5.84 Å². The molecule has 2 aromatic rings. The van der Waals surface area contributed by atoms with E-state index < -0.39 is 0 Å². The Morgan fingerprint density at radius 2 is 2.19 bits per heavy atom. The highest BCUT2D eigenvalue weighted by Crippen LogP contribution is 2.29. The van der Waals surface area contributed by atoms with E-state index in [4.69, 9.17) is 15.3 Å². The summed E-state index contributed by atoms with van der Waals surface area (Å²) < 4.78 is 11.6. The number of nitrogens with two attached hydrogens (primary N) is 1. The van der Waals surface area contributed by atoms with Crippen molar-refractivity contribution in [2.45, 2.75) is 6.61 Å². The molecule has 7 heteroatoms. The van der Waals surface area contributed by atoms with Gasteiger partial charge in [0.2, 0.25) is 0 Å². The number of methoxy groups -OCH3 is 1. The number of nitrogen functional groups attached to an aromatic ring is 1. The number of amides is 1. The summed E-state index contributed by atoms with van der Waals surface area (Å²) in [4.78, 5) is 15.4. The van der Waals surface area contributed by atoms with E-state index in [2.05, 4.69) is 20.9 Å². The number of hydrogen-bond donors (Lipinski definition) is 2. The molecule has 1 heterocycles. The van der Waals surface area contributed by atoms with Crippen molar-refractivity contribution in [3.8, 4) is 11.5 Å². The van der Waals surface area contributed by atoms with E-state index in [-0.39, 0.29) is 12.5 Å². The molecule has 2 rings (SSSR count). The van der Waals surface area contributed by atoms with Crippen molar-refractivity contribution in [3.05, 3.63) is 52.3 Å². The summed E-state index contributed by atoms with van der Waals surface area (Å²) in [5, 5.41) is 0. The molecule has 1 aromatic heterocycles. The second-order valence-electron chi connectivity index (χ2n) is 4.10. The zero-order valence-electron chi connectivity index (χ0n) is 11.3. The zero-order valence-corrected chi connectivity index (χ0v) is 12.9. The fraction of sp³-hybridized carbons (Fsp3) is 0.143. The molecule has 0 unspecified atom stereocenters. The maximum absolute atomic E-state index is 11.3. The number of hydrazine groups is 1. The molecule has 3 N–H and O–H groups in total. The minimum absolute atomic E-state index is 0.287. The fourth-order valence-electron chi connectivity index (χ4n) is 1.60. The summed E-state index contributed by atoms with van der Waals surface area (Å²) in [6.07, 6.45) is 1.45. The molecule has 0 bridgehead atoms. The lowest BCUT2D eigenvalue weighted by Crippen LogP contribution is -2.30. The third-order valence-corrected chi connectivity index (χ3v) is 3.35. The lowest BCUT2D eigenvalue weighted by Gasteiger charge is -2.09. The highest BCUT2D eigenvalue weighted by molar-refractivity contribution is 9.10. The number of rotatable bonds is 5. The number of ether oxygens (including phenoxy) is 2. The Morgan fingerprint density at radius 1 is 1.38 bits per heavy atom. The molecule has 0 radical (unpaired) electrons. The van der Waals surface area contributed by atoms with Gasteiger partial charge in [-0.15, -0.1) is 0 Å². The molecule has 0 fully saturated rings. The summed E-state index contributed by atoms with van der Waals surface area (Å²) in [6, 6.07) is 8.78. The number of carbonyl (C=O) groups is 1. The molecule has 110 valence electrons. The summed E-state index contributed by atoms with van der Waals surface area (Å²) in [5.74, 6) is 6.09. The van der Waals surface area contributed by atoms with Crippen LogP contribution in [-0.2, 0) is 6.61 Å². The lowest BCUT2D eigenvalue weighted by molar-refractivity contribution is 0.0953. The summed E-state index contributed by atoms with van der Waals surface area (Å²) in [7, 11) is 1.60. The Balaban J connectivity index is 2.01. The molecular formula is C14H14BrN3O3. The average Bonchev–Trinajstić information content (AvgIpc) is 2.53. The lowest BCUT2D eigenvalue weighted by atomic mass is 10.2. The van der Waals surface area contributed by atoms with E-state index in [0.29, 0.717) is 17.0 Å². The van der Waals surface area contributed by atoms with Crippen LogP contribution in [0.3, 0.4) is 0 Å². The quantitative estimate of drug-likeness (QED) is 0.489. The molecule has 0 aliphatic carbocycles. The second kappa shape index (κ2) is 7.05. The van der Waals surface area contributed by atoms with Gasteiger partial charge in [0, 0.05) is 6.20 Å². The third kappa shape index (κ3) is 3.93. The van der Waals surface area contributed by atoms with Gasteiger partial charge in [-0.3, -0.25) is 15.2 Å². The Labute approximate surface area is 130 Å². The molecule has 1 amide bonds. The molecule has 1 aromatic carbocycles. The minimum atomic E-state index is -0.382. The first-order chi connectivity index (χ1) is 10.1. The normalized spacial score (nSPS) is 10.0. The number of nitrogens with zero attached hydrogens (tertiary/aromatic N) is 1. The Hall–Kier alpha value is -2.12. The molecule has 0 saturated carbocycles. The number of benzene rings is 1. The molecule has 6 nitrogen and oxygen atoms in total. The van der Waals surface area contributed by atoms with Crippen LogP contribution in [0.4, 0.5) is 0 Å². The maximum Gasteiger partial charge on any atom is 0.266 e. The van der Waals surface area contributed by atoms with Crippen molar-refractivity contribution in [2.75, 3.05) is 7.11 Å². The van der Waals surface area contributed by atoms with Crippen LogP contribution in [-0.4, -0.2) is 18.0 Å². The number of carbonyl (C=O) groups excluding carboxylic acids is 1.